The van der Waals surface area contributed by atoms with Gasteiger partial charge in [-0.1, -0.05) is 314 Å². The van der Waals surface area contributed by atoms with Gasteiger partial charge in [0.2, 0.25) is 5.91 Å². The average Bonchev–Trinajstić information content (AvgIpc) is 3.35. The summed E-state index contributed by atoms with van der Waals surface area (Å²) in [6.07, 6.45) is 71.7. The molecule has 0 saturated heterocycles. The lowest BCUT2D eigenvalue weighted by Crippen LogP contribution is -2.45. The second-order valence-corrected chi connectivity index (χ2v) is 24.9. The van der Waals surface area contributed by atoms with Crippen molar-refractivity contribution in [2.75, 3.05) is 40.9 Å². The summed E-state index contributed by atoms with van der Waals surface area (Å²) in [5.41, 5.74) is 0. The minimum Gasteiger partial charge on any atom is -0.387 e. The van der Waals surface area contributed by atoms with Crippen molar-refractivity contribution in [3.63, 3.8) is 0 Å². The molecule has 0 bridgehead atoms. The number of quaternary nitrogens is 1. The third-order valence-corrected chi connectivity index (χ3v) is 15.9. The number of nitrogens with one attached hydrogen (secondary N) is 1. The van der Waals surface area contributed by atoms with E-state index in [1.807, 2.05) is 27.2 Å². The maximum atomic E-state index is 13.0. The van der Waals surface area contributed by atoms with Crippen LogP contribution in [-0.4, -0.2) is 73.4 Å². The Morgan fingerprint density at radius 1 is 0.452 bits per heavy atom. The fourth-order valence-corrected chi connectivity index (χ4v) is 10.6. The molecule has 1 amide bonds. The molecule has 0 aliphatic rings. The van der Waals surface area contributed by atoms with Gasteiger partial charge < -0.3 is 19.8 Å². The van der Waals surface area contributed by atoms with E-state index in [-0.39, 0.29) is 19.1 Å². The lowest BCUT2D eigenvalue weighted by atomic mass is 10.0. The number of carbonyl (C=O) groups is 1. The second-order valence-electron chi connectivity index (χ2n) is 23.5. The molecule has 9 heteroatoms. The number of aliphatic hydroxyl groups is 1. The van der Waals surface area contributed by atoms with Gasteiger partial charge in [0.1, 0.15) is 13.2 Å². The summed E-state index contributed by atoms with van der Waals surface area (Å²) in [4.78, 5) is 23.3. The van der Waals surface area contributed by atoms with Gasteiger partial charge in [-0.25, -0.2) is 4.57 Å². The van der Waals surface area contributed by atoms with E-state index in [9.17, 15) is 19.4 Å². The predicted molar refractivity (Wildman–Crippen MR) is 318 cm³/mol. The molecule has 0 aromatic heterocycles. The van der Waals surface area contributed by atoms with E-state index in [2.05, 4.69) is 31.3 Å². The molecule has 3 atom stereocenters. The van der Waals surface area contributed by atoms with Gasteiger partial charge in [-0.3, -0.25) is 13.8 Å². The van der Waals surface area contributed by atoms with Crippen LogP contribution in [0.5, 0.6) is 0 Å². The van der Waals surface area contributed by atoms with Crippen molar-refractivity contribution in [2.45, 2.75) is 341 Å². The highest BCUT2D eigenvalue weighted by Gasteiger charge is 2.27. The number of phosphoric acid groups is 1. The van der Waals surface area contributed by atoms with Crippen LogP contribution in [0.3, 0.4) is 0 Å². The minimum atomic E-state index is -4.35. The van der Waals surface area contributed by atoms with Gasteiger partial charge in [0, 0.05) is 6.42 Å². The Labute approximate surface area is 455 Å². The molecule has 0 saturated carbocycles. The molecular weight excluding hydrogens is 924 g/mol. The molecule has 3 N–H and O–H groups in total. The maximum Gasteiger partial charge on any atom is 0.472 e. The molecule has 0 aromatic rings. The zero-order valence-corrected chi connectivity index (χ0v) is 50.5. The molecule has 0 aliphatic carbocycles. The maximum absolute atomic E-state index is 13.0. The first-order chi connectivity index (χ1) is 35.5. The first-order valence-electron chi connectivity index (χ1n) is 32.2. The van der Waals surface area contributed by atoms with Crippen molar-refractivity contribution < 1.29 is 32.9 Å². The Balaban J connectivity index is 4.10. The van der Waals surface area contributed by atoms with Crippen LogP contribution in [0.4, 0.5) is 0 Å². The number of amides is 1. The number of nitrogens with zero attached hydrogens (tertiary/aromatic N) is 1. The van der Waals surface area contributed by atoms with Gasteiger partial charge >= 0.3 is 7.82 Å². The third-order valence-electron chi connectivity index (χ3n) is 14.9. The van der Waals surface area contributed by atoms with Gasteiger partial charge in [-0.05, 0) is 32.1 Å². The largest absolute Gasteiger partial charge is 0.472 e. The summed E-state index contributed by atoms with van der Waals surface area (Å²) in [7, 11) is 1.57. The molecule has 3 unspecified atom stereocenters. The Morgan fingerprint density at radius 2 is 0.753 bits per heavy atom. The van der Waals surface area contributed by atoms with Crippen LogP contribution in [0, 0.1) is 0 Å². The highest BCUT2D eigenvalue weighted by Crippen LogP contribution is 2.43. The Kier molecular flexibility index (Phi) is 54.9. The number of likely N-dealkylation sites (N-methyl/N-ethyl adjacent to an activating group) is 1. The molecule has 0 aromatic carbocycles. The molecular formula is C64H128N2O6P+. The summed E-state index contributed by atoms with van der Waals surface area (Å²) in [5.74, 6) is -0.180. The van der Waals surface area contributed by atoms with E-state index >= 15 is 0 Å². The standard InChI is InChI=1S/C64H127N2O6P/c1-6-8-10-12-14-16-18-20-22-24-26-27-28-29-30-31-32-33-34-35-36-37-38-40-41-43-45-47-49-51-53-55-57-63(67)62(61-72-73(69,70)71-60-59-66(3,4)5)65-64(68)58-56-54-52-50-48-46-44-42-39-25-23-21-19-17-15-13-11-9-7-2/h47,49,55,57,62-63,67H,6-46,48,50-54,56,58-61H2,1-5H3,(H-,65,68,69,70)/p+1/b49-47+,57-55+. The van der Waals surface area contributed by atoms with E-state index in [4.69, 9.17) is 9.05 Å². The Morgan fingerprint density at radius 3 is 1.10 bits per heavy atom. The van der Waals surface area contributed by atoms with E-state index in [1.165, 1.54) is 270 Å². The molecule has 73 heavy (non-hydrogen) atoms. The van der Waals surface area contributed by atoms with Crippen molar-refractivity contribution in [2.24, 2.45) is 0 Å². The number of rotatable bonds is 60. The van der Waals surface area contributed by atoms with Crippen LogP contribution in [0.15, 0.2) is 24.3 Å². The van der Waals surface area contributed by atoms with Gasteiger partial charge in [-0.15, -0.1) is 0 Å². The first-order valence-corrected chi connectivity index (χ1v) is 33.7. The van der Waals surface area contributed by atoms with Crippen LogP contribution in [0.25, 0.3) is 0 Å². The SMILES string of the molecule is CCCCCCCCCCCCCCCCCCCCCCCCCCCC/C=C/CC/C=C/C(O)C(COP(=O)(O)OCC[N+](C)(C)C)NC(=O)CCCCCCCCCCCCCCCCCCCCC. The summed E-state index contributed by atoms with van der Waals surface area (Å²) >= 11 is 0. The van der Waals surface area contributed by atoms with Gasteiger partial charge in [0.25, 0.3) is 0 Å². The summed E-state index contributed by atoms with van der Waals surface area (Å²) in [6.45, 7) is 4.85. The molecule has 0 spiro atoms. The lowest BCUT2D eigenvalue weighted by Gasteiger charge is -2.25. The number of phosphoric ester groups is 1. The van der Waals surface area contributed by atoms with E-state index in [1.54, 1.807) is 6.08 Å². The normalized spacial score (nSPS) is 13.9. The zero-order chi connectivity index (χ0) is 53.5. The number of carbonyl (C=O) groups excluding carboxylic acids is 1. The fraction of sp³-hybridized carbons (Fsp3) is 0.922. The van der Waals surface area contributed by atoms with Crippen LogP contribution >= 0.6 is 7.82 Å². The highest BCUT2D eigenvalue weighted by molar-refractivity contribution is 7.47. The number of aliphatic hydroxyl groups excluding tert-OH is 1. The van der Waals surface area contributed by atoms with Gasteiger partial charge in [0.15, 0.2) is 0 Å². The Bertz CT molecular complexity index is 1240. The fourth-order valence-electron chi connectivity index (χ4n) is 9.89. The van der Waals surface area contributed by atoms with Crippen molar-refractivity contribution in [1.82, 2.24) is 5.32 Å². The van der Waals surface area contributed by atoms with Crippen LogP contribution in [0.1, 0.15) is 328 Å². The molecule has 0 radical (unpaired) electrons. The van der Waals surface area contributed by atoms with E-state index < -0.39 is 20.0 Å². The van der Waals surface area contributed by atoms with Crippen molar-refractivity contribution in [3.05, 3.63) is 24.3 Å². The molecule has 0 heterocycles. The predicted octanol–water partition coefficient (Wildman–Crippen LogP) is 19.9. The summed E-state index contributed by atoms with van der Waals surface area (Å²) in [6, 6.07) is -0.861. The van der Waals surface area contributed by atoms with Crippen LogP contribution < -0.4 is 5.32 Å². The zero-order valence-electron chi connectivity index (χ0n) is 49.7. The third kappa shape index (κ3) is 58.5. The lowest BCUT2D eigenvalue weighted by molar-refractivity contribution is -0.870. The smallest absolute Gasteiger partial charge is 0.387 e. The van der Waals surface area contributed by atoms with Crippen LogP contribution in [0.2, 0.25) is 0 Å². The van der Waals surface area contributed by atoms with E-state index in [0.29, 0.717) is 17.4 Å². The van der Waals surface area contributed by atoms with Crippen molar-refractivity contribution in [1.29, 1.82) is 0 Å². The quantitative estimate of drug-likeness (QED) is 0.0243. The number of hydrogen-bond donors (Lipinski definition) is 3. The summed E-state index contributed by atoms with van der Waals surface area (Å²) in [5, 5.41) is 14.0. The number of unbranched alkanes of at least 4 members (excludes halogenated alkanes) is 45. The number of allylic oxidation sites excluding steroid dienone is 3. The van der Waals surface area contributed by atoms with Crippen molar-refractivity contribution in [3.8, 4) is 0 Å². The second kappa shape index (κ2) is 55.7. The first kappa shape index (κ1) is 72.0. The van der Waals surface area contributed by atoms with Gasteiger partial charge in [-0.2, -0.15) is 0 Å². The molecule has 0 rings (SSSR count). The topological polar surface area (TPSA) is 105 Å². The minimum absolute atomic E-state index is 0.0589. The van der Waals surface area contributed by atoms with E-state index in [0.717, 1.165) is 38.5 Å². The average molecular weight is 1050 g/mol. The molecule has 8 nitrogen and oxygen atoms in total. The monoisotopic (exact) mass is 1050 g/mol. The summed E-state index contributed by atoms with van der Waals surface area (Å²) < 4.78 is 23.7. The number of hydrogen-bond acceptors (Lipinski definition) is 5. The van der Waals surface area contributed by atoms with Crippen molar-refractivity contribution >= 4 is 13.7 Å². The Hall–Kier alpha value is -1.02. The molecule has 0 fully saturated rings. The molecule has 434 valence electrons. The molecule has 0 aliphatic heterocycles. The van der Waals surface area contributed by atoms with Gasteiger partial charge in [0.05, 0.1) is 39.9 Å². The van der Waals surface area contributed by atoms with Crippen LogP contribution in [-0.2, 0) is 18.4 Å². The highest BCUT2D eigenvalue weighted by atomic mass is 31.2.